The first-order chi connectivity index (χ1) is 12.1. The Morgan fingerprint density at radius 3 is 2.60 bits per heavy atom. The van der Waals surface area contributed by atoms with Crippen molar-refractivity contribution in [3.8, 4) is 0 Å². The summed E-state index contributed by atoms with van der Waals surface area (Å²) in [6.45, 7) is 10.4. The molecule has 2 saturated heterocycles. The number of rotatable bonds is 4. The van der Waals surface area contributed by atoms with Crippen LogP contribution in [-0.2, 0) is 4.74 Å². The molecule has 1 spiro atoms. The van der Waals surface area contributed by atoms with E-state index in [-0.39, 0.29) is 0 Å². The Kier molecular flexibility index (Phi) is 4.80. The van der Waals surface area contributed by atoms with Crippen LogP contribution >= 0.6 is 0 Å². The molecule has 2 N–H and O–H groups in total. The summed E-state index contributed by atoms with van der Waals surface area (Å²) in [6.07, 6.45) is 8.09. The van der Waals surface area contributed by atoms with E-state index in [2.05, 4.69) is 34.0 Å². The molecule has 3 atom stereocenters. The summed E-state index contributed by atoms with van der Waals surface area (Å²) in [5.74, 6) is 1.69. The van der Waals surface area contributed by atoms with E-state index in [0.29, 0.717) is 29.5 Å². The van der Waals surface area contributed by atoms with Crippen LogP contribution in [0.4, 0.5) is 0 Å². The van der Waals surface area contributed by atoms with Crippen LogP contribution in [0, 0.1) is 11.3 Å². The molecule has 0 aromatic carbocycles. The van der Waals surface area contributed by atoms with Gasteiger partial charge in [0, 0.05) is 56.7 Å². The Labute approximate surface area is 152 Å². The molecule has 4 fully saturated rings. The third-order valence-electron chi connectivity index (χ3n) is 6.97. The fraction of sp³-hybridized carbons (Fsp3) is 0.850. The number of fused-ring (bicyclic) bond motifs is 2. The zero-order valence-corrected chi connectivity index (χ0v) is 15.9. The van der Waals surface area contributed by atoms with Crippen molar-refractivity contribution in [1.82, 2.24) is 15.5 Å². The number of ether oxygens (including phenoxy) is 1. The summed E-state index contributed by atoms with van der Waals surface area (Å²) in [7, 11) is 1.90. The zero-order chi connectivity index (χ0) is 17.4. The van der Waals surface area contributed by atoms with Crippen LogP contribution in [0.5, 0.6) is 0 Å². The van der Waals surface area contributed by atoms with E-state index in [1.54, 1.807) is 0 Å². The maximum atomic E-state index is 6.04. The van der Waals surface area contributed by atoms with Gasteiger partial charge in [-0.05, 0) is 39.0 Å². The predicted octanol–water partition coefficient (Wildman–Crippen LogP) is 2.15. The van der Waals surface area contributed by atoms with Crippen molar-refractivity contribution in [3.63, 3.8) is 0 Å². The highest BCUT2D eigenvalue weighted by Gasteiger charge is 2.66. The van der Waals surface area contributed by atoms with Gasteiger partial charge in [-0.15, -0.1) is 0 Å². The molecule has 0 radical (unpaired) electrons. The van der Waals surface area contributed by atoms with Crippen LogP contribution in [0.3, 0.4) is 0 Å². The zero-order valence-electron chi connectivity index (χ0n) is 15.9. The van der Waals surface area contributed by atoms with Gasteiger partial charge in [0.25, 0.3) is 0 Å². The number of hydrogen-bond acceptors (Lipinski definition) is 3. The second kappa shape index (κ2) is 6.92. The van der Waals surface area contributed by atoms with Crippen LogP contribution in [0.25, 0.3) is 0 Å². The van der Waals surface area contributed by atoms with E-state index in [0.717, 1.165) is 32.2 Å². The molecule has 2 heterocycles. The minimum atomic E-state index is 0.406. The van der Waals surface area contributed by atoms with Crippen molar-refractivity contribution in [2.75, 3.05) is 33.3 Å². The molecule has 5 heteroatoms. The molecule has 140 valence electrons. The van der Waals surface area contributed by atoms with Crippen LogP contribution in [0.2, 0.25) is 0 Å². The van der Waals surface area contributed by atoms with Gasteiger partial charge in [-0.25, -0.2) is 0 Å². The summed E-state index contributed by atoms with van der Waals surface area (Å²) in [4.78, 5) is 7.04. The molecular formula is C20H34N4O. The standard InChI is InChI=1S/C20H34N4O/c1-14(2)13-24-10-5-15(6-11-24)22-19(21-3)23-17-16-7-12-25-18(16)20(17)8-4-9-20/h15-18H,1,4-13H2,2-3H3,(H2,21,22,23). The summed E-state index contributed by atoms with van der Waals surface area (Å²) in [5, 5.41) is 7.48. The number of aliphatic imine (C=N–C) groups is 1. The van der Waals surface area contributed by atoms with Crippen molar-refractivity contribution in [1.29, 1.82) is 0 Å². The molecule has 4 aliphatic rings. The van der Waals surface area contributed by atoms with Gasteiger partial charge in [0.05, 0.1) is 6.10 Å². The van der Waals surface area contributed by atoms with Gasteiger partial charge in [-0.3, -0.25) is 9.89 Å². The SMILES string of the molecule is C=C(C)CN1CCC(NC(=NC)NC2C3CCOC3C23CCC3)CC1. The summed E-state index contributed by atoms with van der Waals surface area (Å²) in [6, 6.07) is 1.09. The first kappa shape index (κ1) is 17.3. The monoisotopic (exact) mass is 346 g/mol. The average Bonchev–Trinajstić information content (AvgIpc) is 2.96. The van der Waals surface area contributed by atoms with Crippen molar-refractivity contribution >= 4 is 5.96 Å². The predicted molar refractivity (Wildman–Crippen MR) is 102 cm³/mol. The third kappa shape index (κ3) is 3.10. The Balaban J connectivity index is 1.30. The number of guanidine groups is 1. The minimum absolute atomic E-state index is 0.406. The molecule has 2 saturated carbocycles. The molecular weight excluding hydrogens is 312 g/mol. The second-order valence-electron chi connectivity index (χ2n) is 8.68. The first-order valence-electron chi connectivity index (χ1n) is 10.1. The molecule has 4 rings (SSSR count). The molecule has 0 amide bonds. The van der Waals surface area contributed by atoms with Crippen molar-refractivity contribution in [2.45, 2.75) is 63.6 Å². The van der Waals surface area contributed by atoms with Gasteiger partial charge < -0.3 is 15.4 Å². The molecule has 2 aliphatic heterocycles. The Morgan fingerprint density at radius 2 is 2.00 bits per heavy atom. The maximum absolute atomic E-state index is 6.04. The van der Waals surface area contributed by atoms with Gasteiger partial charge >= 0.3 is 0 Å². The maximum Gasteiger partial charge on any atom is 0.191 e. The van der Waals surface area contributed by atoms with Crippen LogP contribution in [-0.4, -0.2) is 62.3 Å². The smallest absolute Gasteiger partial charge is 0.191 e. The molecule has 25 heavy (non-hydrogen) atoms. The Bertz CT molecular complexity index is 534. The largest absolute Gasteiger partial charge is 0.377 e. The van der Waals surface area contributed by atoms with E-state index in [1.165, 1.54) is 44.1 Å². The first-order valence-corrected chi connectivity index (χ1v) is 10.1. The number of nitrogens with zero attached hydrogens (tertiary/aromatic N) is 2. The van der Waals surface area contributed by atoms with Gasteiger partial charge in [0.15, 0.2) is 5.96 Å². The van der Waals surface area contributed by atoms with Gasteiger partial charge in [0.2, 0.25) is 0 Å². The van der Waals surface area contributed by atoms with E-state index in [1.807, 2.05) is 7.05 Å². The van der Waals surface area contributed by atoms with Crippen LogP contribution in [0.1, 0.15) is 45.4 Å². The third-order valence-corrected chi connectivity index (χ3v) is 6.97. The second-order valence-corrected chi connectivity index (χ2v) is 8.68. The van der Waals surface area contributed by atoms with Crippen molar-refractivity contribution < 1.29 is 4.74 Å². The molecule has 0 aromatic heterocycles. The lowest BCUT2D eigenvalue weighted by atomic mass is 9.46. The molecule has 3 unspecified atom stereocenters. The number of nitrogens with one attached hydrogen (secondary N) is 2. The number of hydrogen-bond donors (Lipinski definition) is 2. The molecule has 2 aliphatic carbocycles. The molecule has 0 aromatic rings. The number of likely N-dealkylation sites (tertiary alicyclic amines) is 1. The lowest BCUT2D eigenvalue weighted by Crippen LogP contribution is -2.72. The van der Waals surface area contributed by atoms with E-state index in [9.17, 15) is 0 Å². The van der Waals surface area contributed by atoms with Crippen LogP contribution < -0.4 is 10.6 Å². The minimum Gasteiger partial charge on any atom is -0.377 e. The average molecular weight is 347 g/mol. The molecule has 0 bridgehead atoms. The highest BCUT2D eigenvalue weighted by Crippen LogP contribution is 2.62. The van der Waals surface area contributed by atoms with Crippen LogP contribution in [0.15, 0.2) is 17.1 Å². The highest BCUT2D eigenvalue weighted by molar-refractivity contribution is 5.80. The number of piperidine rings is 1. The van der Waals surface area contributed by atoms with Gasteiger partial charge in [-0.1, -0.05) is 18.6 Å². The highest BCUT2D eigenvalue weighted by atomic mass is 16.5. The van der Waals surface area contributed by atoms with E-state index in [4.69, 9.17) is 4.74 Å². The quantitative estimate of drug-likeness (QED) is 0.465. The summed E-state index contributed by atoms with van der Waals surface area (Å²) < 4.78 is 6.04. The fourth-order valence-corrected chi connectivity index (χ4v) is 5.58. The normalized spacial score (nSPS) is 35.0. The summed E-state index contributed by atoms with van der Waals surface area (Å²) >= 11 is 0. The topological polar surface area (TPSA) is 48.9 Å². The van der Waals surface area contributed by atoms with E-state index < -0.39 is 0 Å². The Morgan fingerprint density at radius 1 is 1.24 bits per heavy atom. The lowest BCUT2D eigenvalue weighted by Gasteiger charge is -2.63. The lowest BCUT2D eigenvalue weighted by molar-refractivity contribution is -0.171. The Hall–Kier alpha value is -1.07. The molecule has 5 nitrogen and oxygen atoms in total. The van der Waals surface area contributed by atoms with Gasteiger partial charge in [-0.2, -0.15) is 0 Å². The van der Waals surface area contributed by atoms with Gasteiger partial charge in [0.1, 0.15) is 0 Å². The fourth-order valence-electron chi connectivity index (χ4n) is 5.58. The van der Waals surface area contributed by atoms with Crippen molar-refractivity contribution in [3.05, 3.63) is 12.2 Å². The van der Waals surface area contributed by atoms with E-state index >= 15 is 0 Å². The summed E-state index contributed by atoms with van der Waals surface area (Å²) in [5.41, 5.74) is 1.66. The van der Waals surface area contributed by atoms with Crippen molar-refractivity contribution in [2.24, 2.45) is 16.3 Å².